The molecule has 0 saturated carbocycles. The fourth-order valence-corrected chi connectivity index (χ4v) is 2.04. The highest BCUT2D eigenvalue weighted by molar-refractivity contribution is 7.86. The van der Waals surface area contributed by atoms with Crippen LogP contribution in [0.2, 0.25) is 5.02 Å². The van der Waals surface area contributed by atoms with E-state index in [0.717, 1.165) is 12.5 Å². The van der Waals surface area contributed by atoms with E-state index in [1.165, 1.54) is 13.1 Å². The highest BCUT2D eigenvalue weighted by Crippen LogP contribution is 2.27. The van der Waals surface area contributed by atoms with Crippen LogP contribution in [-0.4, -0.2) is 19.7 Å². The Kier molecular flexibility index (Phi) is 3.64. The van der Waals surface area contributed by atoms with Gasteiger partial charge in [0.2, 0.25) is 0 Å². The monoisotopic (exact) mass is 253 g/mol. The number of rotatable bonds is 3. The molecule has 7 heteroatoms. The number of nitrogens with zero attached hydrogens (tertiary/aromatic N) is 1. The fraction of sp³-hybridized carbons (Fsp3) is 0.375. The zero-order valence-corrected chi connectivity index (χ0v) is 9.64. The summed E-state index contributed by atoms with van der Waals surface area (Å²) in [7, 11) is -3.65. The zero-order valence-electron chi connectivity index (χ0n) is 8.07. The highest BCUT2D eigenvalue weighted by atomic mass is 35.5. The Morgan fingerprint density at radius 2 is 2.13 bits per heavy atom. The maximum absolute atomic E-state index is 13.3. The Labute approximate surface area is 92.2 Å². The molecule has 0 radical (unpaired) electrons. The zero-order chi connectivity index (χ0) is 11.6. The van der Waals surface area contributed by atoms with Crippen molar-refractivity contribution in [3.05, 3.63) is 28.8 Å². The quantitative estimate of drug-likeness (QED) is 0.772. The third-order valence-corrected chi connectivity index (χ3v) is 2.56. The number of pyridine rings is 1. The minimum atomic E-state index is -3.65. The van der Waals surface area contributed by atoms with Crippen LogP contribution in [0.3, 0.4) is 0 Å². The topological polar surface area (TPSA) is 56.3 Å². The molecule has 1 unspecified atom stereocenters. The first-order valence-electron chi connectivity index (χ1n) is 3.98. The molecule has 84 valence electrons. The van der Waals surface area contributed by atoms with Gasteiger partial charge >= 0.3 is 0 Å². The molecule has 0 saturated heterocycles. The van der Waals surface area contributed by atoms with Crippen LogP contribution in [0.1, 0.15) is 18.6 Å². The minimum absolute atomic E-state index is 0.0166. The van der Waals surface area contributed by atoms with Crippen LogP contribution in [0, 0.1) is 5.82 Å². The van der Waals surface area contributed by atoms with Crippen LogP contribution in [0.5, 0.6) is 0 Å². The van der Waals surface area contributed by atoms with E-state index in [2.05, 4.69) is 9.17 Å². The van der Waals surface area contributed by atoms with Crippen LogP contribution in [0.15, 0.2) is 12.4 Å². The molecule has 1 heterocycles. The van der Waals surface area contributed by atoms with Crippen molar-refractivity contribution in [2.75, 3.05) is 6.26 Å². The molecular weight excluding hydrogens is 245 g/mol. The van der Waals surface area contributed by atoms with Crippen molar-refractivity contribution in [1.29, 1.82) is 0 Å². The van der Waals surface area contributed by atoms with E-state index in [-0.39, 0.29) is 10.6 Å². The van der Waals surface area contributed by atoms with Gasteiger partial charge in [-0.15, -0.1) is 0 Å². The molecular formula is C8H9ClFNO3S. The predicted molar refractivity (Wildman–Crippen MR) is 53.5 cm³/mol. The molecule has 1 aromatic heterocycles. The molecule has 0 spiro atoms. The van der Waals surface area contributed by atoms with E-state index < -0.39 is 22.0 Å². The van der Waals surface area contributed by atoms with Gasteiger partial charge in [-0.2, -0.15) is 8.42 Å². The Bertz CT molecular complexity index is 443. The van der Waals surface area contributed by atoms with E-state index in [4.69, 9.17) is 11.6 Å². The summed E-state index contributed by atoms with van der Waals surface area (Å²) in [5, 5.41) is 0.0335. The summed E-state index contributed by atoms with van der Waals surface area (Å²) in [6, 6.07) is 0. The van der Waals surface area contributed by atoms with Gasteiger partial charge < -0.3 is 0 Å². The molecule has 1 aromatic rings. The summed E-state index contributed by atoms with van der Waals surface area (Å²) >= 11 is 5.68. The maximum atomic E-state index is 13.3. The van der Waals surface area contributed by atoms with Gasteiger partial charge in [0.05, 0.1) is 17.5 Å². The second-order valence-corrected chi connectivity index (χ2v) is 4.97. The Morgan fingerprint density at radius 1 is 1.53 bits per heavy atom. The second kappa shape index (κ2) is 4.42. The van der Waals surface area contributed by atoms with Crippen molar-refractivity contribution >= 4 is 21.7 Å². The molecule has 0 fully saturated rings. The van der Waals surface area contributed by atoms with Crippen molar-refractivity contribution < 1.29 is 17.0 Å². The number of aromatic nitrogens is 1. The van der Waals surface area contributed by atoms with Gasteiger partial charge in [0.15, 0.2) is 0 Å². The fourth-order valence-electron chi connectivity index (χ4n) is 1.12. The number of hydrogen-bond donors (Lipinski definition) is 0. The molecule has 1 rings (SSSR count). The lowest BCUT2D eigenvalue weighted by Crippen LogP contribution is -2.09. The molecule has 0 bridgehead atoms. The molecule has 15 heavy (non-hydrogen) atoms. The van der Waals surface area contributed by atoms with Gasteiger partial charge in [0.1, 0.15) is 11.9 Å². The van der Waals surface area contributed by atoms with E-state index in [1.807, 2.05) is 0 Å². The summed E-state index contributed by atoms with van der Waals surface area (Å²) in [6.07, 6.45) is 2.08. The third-order valence-electron chi connectivity index (χ3n) is 1.62. The van der Waals surface area contributed by atoms with Crippen molar-refractivity contribution in [3.63, 3.8) is 0 Å². The van der Waals surface area contributed by atoms with Gasteiger partial charge in [0.25, 0.3) is 10.1 Å². The molecule has 1 atom stereocenters. The summed E-state index contributed by atoms with van der Waals surface area (Å²) in [5.74, 6) is -0.696. The number of halogens is 2. The van der Waals surface area contributed by atoms with Gasteiger partial charge in [-0.25, -0.2) is 4.39 Å². The van der Waals surface area contributed by atoms with Crippen LogP contribution in [0.4, 0.5) is 4.39 Å². The lowest BCUT2D eigenvalue weighted by molar-refractivity contribution is 0.231. The number of hydrogen-bond acceptors (Lipinski definition) is 4. The molecule has 0 aromatic carbocycles. The molecule has 4 nitrogen and oxygen atoms in total. The van der Waals surface area contributed by atoms with Crippen molar-refractivity contribution in [1.82, 2.24) is 4.98 Å². The summed E-state index contributed by atoms with van der Waals surface area (Å²) in [4.78, 5) is 3.51. The predicted octanol–water partition coefficient (Wildman–Crippen LogP) is 1.91. The largest absolute Gasteiger partial charge is 0.264 e. The van der Waals surface area contributed by atoms with Gasteiger partial charge in [0, 0.05) is 11.8 Å². The maximum Gasteiger partial charge on any atom is 0.264 e. The molecule has 0 N–H and O–H groups in total. The van der Waals surface area contributed by atoms with E-state index in [9.17, 15) is 12.8 Å². The average molecular weight is 254 g/mol. The summed E-state index contributed by atoms with van der Waals surface area (Å²) < 4.78 is 39.5. The SMILES string of the molecule is CC(OS(C)(=O)=O)c1c(F)cncc1Cl. The van der Waals surface area contributed by atoms with Crippen LogP contribution in [-0.2, 0) is 14.3 Å². The summed E-state index contributed by atoms with van der Waals surface area (Å²) in [6.45, 7) is 1.39. The van der Waals surface area contributed by atoms with E-state index in [1.54, 1.807) is 0 Å². The standard InChI is InChI=1S/C8H9ClFNO3S/c1-5(14-15(2,12)13)8-6(9)3-11-4-7(8)10/h3-5H,1-2H3. The molecule has 0 aliphatic rings. The Balaban J connectivity index is 3.06. The third kappa shape index (κ3) is 3.40. The first-order chi connectivity index (χ1) is 6.81. The Hall–Kier alpha value is -0.720. The van der Waals surface area contributed by atoms with Gasteiger partial charge in [-0.3, -0.25) is 9.17 Å². The van der Waals surface area contributed by atoms with E-state index >= 15 is 0 Å². The van der Waals surface area contributed by atoms with Crippen molar-refractivity contribution in [3.8, 4) is 0 Å². The van der Waals surface area contributed by atoms with Crippen LogP contribution < -0.4 is 0 Å². The Morgan fingerprint density at radius 3 is 2.60 bits per heavy atom. The lowest BCUT2D eigenvalue weighted by atomic mass is 10.2. The highest BCUT2D eigenvalue weighted by Gasteiger charge is 2.19. The summed E-state index contributed by atoms with van der Waals surface area (Å²) in [5.41, 5.74) is -0.0166. The smallest absolute Gasteiger partial charge is 0.262 e. The average Bonchev–Trinajstić information content (AvgIpc) is 1.99. The van der Waals surface area contributed by atoms with Crippen LogP contribution in [0.25, 0.3) is 0 Å². The minimum Gasteiger partial charge on any atom is -0.262 e. The van der Waals surface area contributed by atoms with Gasteiger partial charge in [-0.1, -0.05) is 11.6 Å². The lowest BCUT2D eigenvalue weighted by Gasteiger charge is -2.13. The molecule has 0 aliphatic heterocycles. The second-order valence-electron chi connectivity index (χ2n) is 2.96. The first-order valence-corrected chi connectivity index (χ1v) is 6.18. The van der Waals surface area contributed by atoms with Crippen LogP contribution >= 0.6 is 11.6 Å². The van der Waals surface area contributed by atoms with Gasteiger partial charge in [-0.05, 0) is 6.92 Å². The molecule has 0 amide bonds. The normalized spacial score (nSPS) is 13.9. The van der Waals surface area contributed by atoms with Crippen molar-refractivity contribution in [2.45, 2.75) is 13.0 Å². The van der Waals surface area contributed by atoms with Crippen molar-refractivity contribution in [2.24, 2.45) is 0 Å². The van der Waals surface area contributed by atoms with E-state index in [0.29, 0.717) is 0 Å². The first kappa shape index (κ1) is 12.4. The molecule has 0 aliphatic carbocycles.